The van der Waals surface area contributed by atoms with E-state index in [1.807, 2.05) is 39.8 Å². The molecule has 3 nitrogen and oxygen atoms in total. The van der Waals surface area contributed by atoms with Gasteiger partial charge in [-0.25, -0.2) is 4.79 Å². The SMILES string of the molecule is C[C](/C=C/c1ccc([Si](C)(C)C)cc1)NC(=O)OC(C)(C)C. The topological polar surface area (TPSA) is 38.3 Å². The van der Waals surface area contributed by atoms with Crippen molar-refractivity contribution in [3.63, 3.8) is 0 Å². The van der Waals surface area contributed by atoms with E-state index >= 15 is 0 Å². The number of hydrogen-bond donors (Lipinski definition) is 1. The van der Waals surface area contributed by atoms with E-state index < -0.39 is 19.8 Å². The first kappa shape index (κ1) is 18.5. The Morgan fingerprint density at radius 3 is 2.14 bits per heavy atom. The summed E-state index contributed by atoms with van der Waals surface area (Å²) in [5.41, 5.74) is 0.633. The molecule has 0 aromatic heterocycles. The molecule has 0 saturated heterocycles. The molecule has 0 atom stereocenters. The summed E-state index contributed by atoms with van der Waals surface area (Å²) in [4.78, 5) is 11.7. The summed E-state index contributed by atoms with van der Waals surface area (Å²) in [5, 5.41) is 4.16. The molecule has 1 aromatic rings. The zero-order chi connectivity index (χ0) is 17.0. The molecule has 0 spiro atoms. The van der Waals surface area contributed by atoms with Gasteiger partial charge < -0.3 is 10.1 Å². The van der Waals surface area contributed by atoms with Crippen molar-refractivity contribution in [2.24, 2.45) is 0 Å². The second kappa shape index (κ2) is 7.14. The van der Waals surface area contributed by atoms with Gasteiger partial charge in [0, 0.05) is 0 Å². The first-order chi connectivity index (χ1) is 9.97. The largest absolute Gasteiger partial charge is 0.444 e. The van der Waals surface area contributed by atoms with Crippen LogP contribution >= 0.6 is 0 Å². The molecule has 0 saturated carbocycles. The Bertz CT molecular complexity index is 522. The maximum Gasteiger partial charge on any atom is 0.408 e. The van der Waals surface area contributed by atoms with Crippen molar-refractivity contribution >= 4 is 25.4 Å². The van der Waals surface area contributed by atoms with E-state index in [1.165, 1.54) is 5.19 Å². The number of nitrogens with one attached hydrogen (secondary N) is 1. The molecule has 0 bridgehead atoms. The molecule has 1 amide bonds. The van der Waals surface area contributed by atoms with Gasteiger partial charge in [-0.2, -0.15) is 0 Å². The van der Waals surface area contributed by atoms with Crippen molar-refractivity contribution < 1.29 is 9.53 Å². The van der Waals surface area contributed by atoms with Crippen molar-refractivity contribution in [2.45, 2.75) is 52.9 Å². The average Bonchev–Trinajstić information content (AvgIpc) is 2.33. The fourth-order valence-corrected chi connectivity index (χ4v) is 2.99. The van der Waals surface area contributed by atoms with E-state index in [2.05, 4.69) is 49.2 Å². The number of amides is 1. The van der Waals surface area contributed by atoms with Crippen LogP contribution < -0.4 is 10.5 Å². The minimum absolute atomic E-state index is 0.427. The zero-order valence-corrected chi connectivity index (χ0v) is 15.8. The molecule has 22 heavy (non-hydrogen) atoms. The van der Waals surface area contributed by atoms with Crippen LogP contribution in [0.15, 0.2) is 30.3 Å². The van der Waals surface area contributed by atoms with E-state index in [0.29, 0.717) is 0 Å². The Morgan fingerprint density at radius 1 is 1.14 bits per heavy atom. The molecule has 0 fully saturated rings. The van der Waals surface area contributed by atoms with E-state index in [-0.39, 0.29) is 0 Å². The number of ether oxygens (including phenoxy) is 1. The van der Waals surface area contributed by atoms with Gasteiger partial charge in [-0.15, -0.1) is 0 Å². The van der Waals surface area contributed by atoms with Gasteiger partial charge in [-0.3, -0.25) is 0 Å². The quantitative estimate of drug-likeness (QED) is 0.840. The molecule has 1 rings (SSSR count). The van der Waals surface area contributed by atoms with Crippen LogP contribution in [0, 0.1) is 6.04 Å². The lowest BCUT2D eigenvalue weighted by Crippen LogP contribution is -2.37. The predicted molar refractivity (Wildman–Crippen MR) is 96.7 cm³/mol. The Morgan fingerprint density at radius 2 is 1.68 bits per heavy atom. The smallest absolute Gasteiger partial charge is 0.408 e. The highest BCUT2D eigenvalue weighted by molar-refractivity contribution is 6.88. The third-order valence-electron chi connectivity index (χ3n) is 3.00. The summed E-state index contributed by atoms with van der Waals surface area (Å²) in [7, 11) is -1.25. The molecule has 0 aliphatic carbocycles. The fourth-order valence-electron chi connectivity index (χ4n) is 1.82. The minimum atomic E-state index is -1.25. The van der Waals surface area contributed by atoms with Crippen LogP contribution in [0.1, 0.15) is 33.3 Å². The van der Waals surface area contributed by atoms with Crippen molar-refractivity contribution in [3.05, 3.63) is 41.9 Å². The minimum Gasteiger partial charge on any atom is -0.444 e. The van der Waals surface area contributed by atoms with Crippen LogP contribution in [0.3, 0.4) is 0 Å². The number of carbonyl (C=O) groups excluding carboxylic acids is 1. The molecule has 1 aromatic carbocycles. The van der Waals surface area contributed by atoms with Crippen LogP contribution in [0.5, 0.6) is 0 Å². The van der Waals surface area contributed by atoms with E-state index in [4.69, 9.17) is 4.74 Å². The second-order valence-corrected chi connectivity index (χ2v) is 12.6. The summed E-state index contributed by atoms with van der Waals surface area (Å²) < 4.78 is 5.21. The number of rotatable bonds is 4. The zero-order valence-electron chi connectivity index (χ0n) is 14.8. The molecular formula is C18H28NO2Si. The van der Waals surface area contributed by atoms with Gasteiger partial charge in [-0.05, 0) is 33.3 Å². The van der Waals surface area contributed by atoms with Crippen molar-refractivity contribution in [1.82, 2.24) is 5.32 Å². The highest BCUT2D eigenvalue weighted by Gasteiger charge is 2.17. The fraction of sp³-hybridized carbons (Fsp3) is 0.444. The molecule has 4 heteroatoms. The molecule has 0 aliphatic heterocycles. The summed E-state index contributed by atoms with van der Waals surface area (Å²) in [6.45, 7) is 14.4. The van der Waals surface area contributed by atoms with Gasteiger partial charge in [0.2, 0.25) is 0 Å². The maximum atomic E-state index is 11.7. The number of alkyl carbamates (subject to hydrolysis) is 1. The molecule has 1 radical (unpaired) electrons. The van der Waals surface area contributed by atoms with Crippen LogP contribution in [0.2, 0.25) is 19.6 Å². The van der Waals surface area contributed by atoms with Crippen LogP contribution in [-0.2, 0) is 4.74 Å². The van der Waals surface area contributed by atoms with Crippen molar-refractivity contribution in [2.75, 3.05) is 0 Å². The van der Waals surface area contributed by atoms with Gasteiger partial charge >= 0.3 is 6.09 Å². The lowest BCUT2D eigenvalue weighted by Gasteiger charge is -2.20. The first-order valence-corrected chi connectivity index (χ1v) is 11.1. The lowest BCUT2D eigenvalue weighted by molar-refractivity contribution is 0.0537. The first-order valence-electron chi connectivity index (χ1n) is 7.59. The Hall–Kier alpha value is -1.55. The highest BCUT2D eigenvalue weighted by atomic mass is 28.3. The summed E-state index contributed by atoms with van der Waals surface area (Å²) >= 11 is 0. The molecule has 1 N–H and O–H groups in total. The molecule has 121 valence electrons. The number of hydrogen-bond acceptors (Lipinski definition) is 2. The summed E-state index contributed by atoms with van der Waals surface area (Å²) in [5.74, 6) is 0. The Balaban J connectivity index is 2.59. The molecular weight excluding hydrogens is 290 g/mol. The molecule has 0 heterocycles. The third kappa shape index (κ3) is 6.94. The van der Waals surface area contributed by atoms with Gasteiger partial charge in [0.1, 0.15) is 5.60 Å². The van der Waals surface area contributed by atoms with E-state index in [9.17, 15) is 4.79 Å². The van der Waals surface area contributed by atoms with Gasteiger partial charge in [-0.1, -0.05) is 61.2 Å². The highest BCUT2D eigenvalue weighted by Crippen LogP contribution is 2.10. The van der Waals surface area contributed by atoms with Gasteiger partial charge in [0.25, 0.3) is 0 Å². The Labute approximate surface area is 135 Å². The standard InChI is InChI=1S/C18H28NO2Si/c1-14(19-17(20)21-18(2,3)4)8-9-15-10-12-16(13-11-15)22(5,6)7/h8-13H,1-7H3,(H,19,20)/b9-8+. The van der Waals surface area contributed by atoms with E-state index in [1.54, 1.807) is 0 Å². The van der Waals surface area contributed by atoms with Crippen molar-refractivity contribution in [1.29, 1.82) is 0 Å². The molecule has 0 unspecified atom stereocenters. The third-order valence-corrected chi connectivity index (χ3v) is 5.07. The second-order valence-electron chi connectivity index (χ2n) is 7.52. The lowest BCUT2D eigenvalue weighted by atomic mass is 10.2. The number of carbonyl (C=O) groups is 1. The Kier molecular flexibility index (Phi) is 6.00. The summed E-state index contributed by atoms with van der Waals surface area (Å²) in [6.07, 6.45) is 3.44. The van der Waals surface area contributed by atoms with Gasteiger partial charge in [0.05, 0.1) is 14.1 Å². The van der Waals surface area contributed by atoms with Crippen LogP contribution in [0.25, 0.3) is 6.08 Å². The monoisotopic (exact) mass is 318 g/mol. The molecule has 0 aliphatic rings. The van der Waals surface area contributed by atoms with Crippen LogP contribution in [0.4, 0.5) is 4.79 Å². The predicted octanol–water partition coefficient (Wildman–Crippen LogP) is 4.32. The van der Waals surface area contributed by atoms with E-state index in [0.717, 1.165) is 11.6 Å². The average molecular weight is 319 g/mol. The van der Waals surface area contributed by atoms with Crippen LogP contribution in [-0.4, -0.2) is 19.8 Å². The number of benzene rings is 1. The summed E-state index contributed by atoms with van der Waals surface area (Å²) in [6, 6.07) is 9.38. The normalized spacial score (nSPS) is 12.7. The van der Waals surface area contributed by atoms with Gasteiger partial charge in [0.15, 0.2) is 0 Å². The van der Waals surface area contributed by atoms with Crippen molar-refractivity contribution in [3.8, 4) is 0 Å². The maximum absolute atomic E-state index is 11.7.